The van der Waals surface area contributed by atoms with Gasteiger partial charge in [0, 0.05) is 12.6 Å². The van der Waals surface area contributed by atoms with E-state index in [-0.39, 0.29) is 17.8 Å². The summed E-state index contributed by atoms with van der Waals surface area (Å²) in [6.45, 7) is 1.32. The molecule has 5 nitrogen and oxygen atoms in total. The Labute approximate surface area is 107 Å². The lowest BCUT2D eigenvalue weighted by Gasteiger charge is -2.19. The van der Waals surface area contributed by atoms with Crippen LogP contribution in [0.3, 0.4) is 0 Å². The van der Waals surface area contributed by atoms with Crippen molar-refractivity contribution in [2.45, 2.75) is 6.92 Å². The predicted octanol–water partition coefficient (Wildman–Crippen LogP) is 0.616. The van der Waals surface area contributed by atoms with Crippen LogP contribution >= 0.6 is 0 Å². The molecule has 1 aromatic carbocycles. The molecule has 0 bridgehead atoms. The molecule has 0 radical (unpaired) electrons. The Balaban J connectivity index is 2.44. The molecular formula is C12H10F2N2O3. The third kappa shape index (κ3) is 2.07. The third-order valence-corrected chi connectivity index (χ3v) is 2.96. The van der Waals surface area contributed by atoms with Crippen molar-refractivity contribution < 1.29 is 23.2 Å². The lowest BCUT2D eigenvalue weighted by atomic mass is 10.1. The monoisotopic (exact) mass is 268 g/mol. The molecule has 0 fully saturated rings. The second-order valence-corrected chi connectivity index (χ2v) is 4.33. The average molecular weight is 268 g/mol. The van der Waals surface area contributed by atoms with E-state index in [1.54, 1.807) is 0 Å². The molecule has 0 aliphatic carbocycles. The van der Waals surface area contributed by atoms with Gasteiger partial charge >= 0.3 is 0 Å². The predicted molar refractivity (Wildman–Crippen MR) is 61.4 cm³/mol. The number of halogens is 2. The van der Waals surface area contributed by atoms with Crippen molar-refractivity contribution in [2.24, 2.45) is 11.7 Å². The summed E-state index contributed by atoms with van der Waals surface area (Å²) in [5.74, 6) is -5.59. The van der Waals surface area contributed by atoms with Gasteiger partial charge < -0.3 is 10.6 Å². The summed E-state index contributed by atoms with van der Waals surface area (Å²) in [6.07, 6.45) is 0. The molecule has 2 rings (SSSR count). The van der Waals surface area contributed by atoms with Crippen molar-refractivity contribution in [3.05, 3.63) is 29.3 Å². The second-order valence-electron chi connectivity index (χ2n) is 4.33. The van der Waals surface area contributed by atoms with E-state index >= 15 is 0 Å². The average Bonchev–Trinajstić information content (AvgIpc) is 2.56. The molecule has 2 N–H and O–H groups in total. The van der Waals surface area contributed by atoms with Crippen molar-refractivity contribution in [1.82, 2.24) is 0 Å². The number of fused-ring (bicyclic) bond motifs is 1. The highest BCUT2D eigenvalue weighted by molar-refractivity contribution is 6.52. The van der Waals surface area contributed by atoms with Crippen LogP contribution in [0.4, 0.5) is 14.5 Å². The summed E-state index contributed by atoms with van der Waals surface area (Å²) in [4.78, 5) is 35.3. The van der Waals surface area contributed by atoms with E-state index in [1.165, 1.54) is 6.92 Å². The van der Waals surface area contributed by atoms with Crippen LogP contribution in [0.5, 0.6) is 0 Å². The van der Waals surface area contributed by atoms with Gasteiger partial charge in [-0.2, -0.15) is 0 Å². The highest BCUT2D eigenvalue weighted by Gasteiger charge is 2.38. The van der Waals surface area contributed by atoms with Gasteiger partial charge in [-0.25, -0.2) is 8.78 Å². The van der Waals surface area contributed by atoms with Crippen LogP contribution in [0.25, 0.3) is 0 Å². The molecule has 1 atom stereocenters. The first kappa shape index (κ1) is 13.1. The number of ketones is 1. The van der Waals surface area contributed by atoms with E-state index in [4.69, 9.17) is 5.73 Å². The van der Waals surface area contributed by atoms with Crippen molar-refractivity contribution >= 4 is 23.3 Å². The topological polar surface area (TPSA) is 80.5 Å². The summed E-state index contributed by atoms with van der Waals surface area (Å²) < 4.78 is 26.2. The lowest BCUT2D eigenvalue weighted by Crippen LogP contribution is -2.38. The molecule has 1 aliphatic heterocycles. The fourth-order valence-corrected chi connectivity index (χ4v) is 1.83. The number of anilines is 1. The molecule has 0 saturated heterocycles. The molecule has 0 saturated carbocycles. The number of hydrogen-bond donors (Lipinski definition) is 1. The molecule has 1 heterocycles. The SMILES string of the molecule is CC(CN1C(=O)C(=O)c2cc(F)c(F)cc21)C(N)=O. The number of rotatable bonds is 3. The van der Waals surface area contributed by atoms with Gasteiger partial charge in [0.2, 0.25) is 5.91 Å². The van der Waals surface area contributed by atoms with Gasteiger partial charge in [-0.15, -0.1) is 0 Å². The zero-order valence-corrected chi connectivity index (χ0v) is 9.94. The van der Waals surface area contributed by atoms with Crippen LogP contribution in [0.1, 0.15) is 17.3 Å². The summed E-state index contributed by atoms with van der Waals surface area (Å²) in [5, 5.41) is 0. The molecule has 100 valence electrons. The molecule has 7 heteroatoms. The number of nitrogens with two attached hydrogens (primary N) is 1. The first-order valence-electron chi connectivity index (χ1n) is 5.47. The number of carbonyl (C=O) groups excluding carboxylic acids is 3. The van der Waals surface area contributed by atoms with Gasteiger partial charge in [-0.3, -0.25) is 14.4 Å². The number of Topliss-reactive ketones (excluding diaryl/α,β-unsaturated/α-hetero) is 1. The Morgan fingerprint density at radius 2 is 1.89 bits per heavy atom. The van der Waals surface area contributed by atoms with Crippen LogP contribution in [-0.2, 0) is 9.59 Å². The summed E-state index contributed by atoms with van der Waals surface area (Å²) in [7, 11) is 0. The van der Waals surface area contributed by atoms with E-state index in [9.17, 15) is 23.2 Å². The number of hydrogen-bond acceptors (Lipinski definition) is 3. The minimum Gasteiger partial charge on any atom is -0.369 e. The molecule has 1 aliphatic rings. The highest BCUT2D eigenvalue weighted by atomic mass is 19.2. The van der Waals surface area contributed by atoms with Crippen molar-refractivity contribution in [1.29, 1.82) is 0 Å². The molecular weight excluding hydrogens is 258 g/mol. The summed E-state index contributed by atoms with van der Waals surface area (Å²) in [5.41, 5.74) is 4.82. The van der Waals surface area contributed by atoms with E-state index in [0.29, 0.717) is 6.07 Å². The first-order valence-corrected chi connectivity index (χ1v) is 5.47. The quantitative estimate of drug-likeness (QED) is 0.816. The minimum absolute atomic E-state index is 0.0398. The number of carbonyl (C=O) groups is 3. The standard InChI is InChI=1S/C12H10F2N2O3/c1-5(11(15)18)4-16-9-3-8(14)7(13)2-6(9)10(17)12(16)19/h2-3,5H,4H2,1H3,(H2,15,18). The van der Waals surface area contributed by atoms with Gasteiger partial charge in [0.1, 0.15) is 0 Å². The maximum Gasteiger partial charge on any atom is 0.299 e. The zero-order chi connectivity index (χ0) is 14.3. The molecule has 2 amide bonds. The number of nitrogens with zero attached hydrogens (tertiary/aromatic N) is 1. The molecule has 0 aromatic heterocycles. The van der Waals surface area contributed by atoms with Crippen LogP contribution < -0.4 is 10.6 Å². The van der Waals surface area contributed by atoms with Gasteiger partial charge in [-0.05, 0) is 6.07 Å². The Hall–Kier alpha value is -2.31. The normalized spacial score (nSPS) is 15.6. The molecule has 0 spiro atoms. The summed E-state index contributed by atoms with van der Waals surface area (Å²) in [6, 6.07) is 1.45. The number of benzene rings is 1. The van der Waals surface area contributed by atoms with Crippen LogP contribution in [0.2, 0.25) is 0 Å². The fourth-order valence-electron chi connectivity index (χ4n) is 1.83. The van der Waals surface area contributed by atoms with Gasteiger partial charge in [0.15, 0.2) is 11.6 Å². The fraction of sp³-hybridized carbons (Fsp3) is 0.250. The Kier molecular flexibility index (Phi) is 3.05. The third-order valence-electron chi connectivity index (χ3n) is 2.96. The Morgan fingerprint density at radius 1 is 1.32 bits per heavy atom. The van der Waals surface area contributed by atoms with Gasteiger partial charge in [0.25, 0.3) is 11.7 Å². The number of primary amides is 1. The summed E-state index contributed by atoms with van der Waals surface area (Å²) >= 11 is 0. The van der Waals surface area contributed by atoms with Crippen LogP contribution in [0.15, 0.2) is 12.1 Å². The smallest absolute Gasteiger partial charge is 0.299 e. The molecule has 1 unspecified atom stereocenters. The zero-order valence-electron chi connectivity index (χ0n) is 9.94. The Bertz CT molecular complexity index is 601. The van der Waals surface area contributed by atoms with Crippen molar-refractivity contribution in [2.75, 3.05) is 11.4 Å². The van der Waals surface area contributed by atoms with E-state index in [0.717, 1.165) is 11.0 Å². The second kappa shape index (κ2) is 4.42. The van der Waals surface area contributed by atoms with Gasteiger partial charge in [0.05, 0.1) is 17.2 Å². The maximum absolute atomic E-state index is 13.2. The minimum atomic E-state index is -1.20. The van der Waals surface area contributed by atoms with Crippen LogP contribution in [-0.4, -0.2) is 24.1 Å². The Morgan fingerprint density at radius 3 is 2.47 bits per heavy atom. The maximum atomic E-state index is 13.2. The van der Waals surface area contributed by atoms with E-state index in [1.807, 2.05) is 0 Å². The van der Waals surface area contributed by atoms with Gasteiger partial charge in [-0.1, -0.05) is 6.92 Å². The highest BCUT2D eigenvalue weighted by Crippen LogP contribution is 2.31. The largest absolute Gasteiger partial charge is 0.369 e. The van der Waals surface area contributed by atoms with Crippen LogP contribution in [0, 0.1) is 17.6 Å². The van der Waals surface area contributed by atoms with Crippen molar-refractivity contribution in [3.63, 3.8) is 0 Å². The lowest BCUT2D eigenvalue weighted by molar-refractivity contribution is -0.121. The van der Waals surface area contributed by atoms with E-state index < -0.39 is 35.1 Å². The first-order chi connectivity index (χ1) is 8.82. The molecule has 19 heavy (non-hydrogen) atoms. The number of amides is 2. The molecule has 1 aromatic rings. The van der Waals surface area contributed by atoms with Crippen molar-refractivity contribution in [3.8, 4) is 0 Å². The van der Waals surface area contributed by atoms with E-state index in [2.05, 4.69) is 0 Å².